The van der Waals surface area contributed by atoms with Gasteiger partial charge in [0, 0.05) is 0 Å². The topological polar surface area (TPSA) is 72.6 Å². The molecule has 0 radical (unpaired) electrons. The van der Waals surface area contributed by atoms with Gasteiger partial charge in [-0.25, -0.2) is 9.78 Å². The summed E-state index contributed by atoms with van der Waals surface area (Å²) in [6.45, 7) is 3.82. The molecule has 0 unspecified atom stereocenters. The molecule has 0 saturated heterocycles. The first-order valence-corrected chi connectivity index (χ1v) is 5.53. The van der Waals surface area contributed by atoms with Crippen LogP contribution in [0.3, 0.4) is 0 Å². The molecule has 0 atom stereocenters. The number of carboxylic acid groups (broad SMARTS) is 1. The van der Waals surface area contributed by atoms with Crippen molar-refractivity contribution in [1.29, 1.82) is 0 Å². The minimum atomic E-state index is -1.12. The highest BCUT2D eigenvalue weighted by Gasteiger charge is 2.15. The van der Waals surface area contributed by atoms with E-state index in [-0.39, 0.29) is 17.7 Å². The summed E-state index contributed by atoms with van der Waals surface area (Å²) in [4.78, 5) is 14.7. The largest absolute Gasteiger partial charge is 0.490 e. The van der Waals surface area contributed by atoms with E-state index < -0.39 is 5.97 Å². The molecule has 5 nitrogen and oxygen atoms in total. The molecule has 1 aromatic carbocycles. The molecule has 0 aliphatic rings. The van der Waals surface area contributed by atoms with Crippen molar-refractivity contribution in [3.05, 3.63) is 36.2 Å². The molecule has 0 aliphatic carbocycles. The van der Waals surface area contributed by atoms with Gasteiger partial charge in [0.05, 0.1) is 11.7 Å². The lowest BCUT2D eigenvalue weighted by atomic mass is 10.2. The van der Waals surface area contributed by atoms with Gasteiger partial charge >= 0.3 is 5.97 Å². The van der Waals surface area contributed by atoms with Crippen molar-refractivity contribution in [2.24, 2.45) is 0 Å². The van der Waals surface area contributed by atoms with E-state index in [0.29, 0.717) is 11.3 Å². The van der Waals surface area contributed by atoms with Crippen LogP contribution in [-0.4, -0.2) is 22.2 Å². The average molecular weight is 247 g/mol. The number of hydrogen-bond acceptors (Lipinski definition) is 4. The Morgan fingerprint density at radius 2 is 2.11 bits per heavy atom. The van der Waals surface area contributed by atoms with E-state index in [1.165, 1.54) is 0 Å². The first-order valence-electron chi connectivity index (χ1n) is 5.53. The van der Waals surface area contributed by atoms with Crippen LogP contribution >= 0.6 is 0 Å². The second-order valence-electron chi connectivity index (χ2n) is 4.01. The number of rotatable bonds is 4. The summed E-state index contributed by atoms with van der Waals surface area (Å²) in [5.41, 5.74) is 0.517. The van der Waals surface area contributed by atoms with E-state index >= 15 is 0 Å². The minimum absolute atomic E-state index is 0.0139. The van der Waals surface area contributed by atoms with Gasteiger partial charge in [0.1, 0.15) is 12.0 Å². The van der Waals surface area contributed by atoms with Crippen LogP contribution < -0.4 is 4.74 Å². The summed E-state index contributed by atoms with van der Waals surface area (Å²) in [6.07, 6.45) is 1.13. The van der Waals surface area contributed by atoms with Crippen molar-refractivity contribution in [1.82, 2.24) is 4.98 Å². The summed E-state index contributed by atoms with van der Waals surface area (Å²) in [5.74, 6) is -0.262. The van der Waals surface area contributed by atoms with Gasteiger partial charge in [-0.1, -0.05) is 12.1 Å². The fourth-order valence-corrected chi connectivity index (χ4v) is 1.50. The first kappa shape index (κ1) is 12.2. The third kappa shape index (κ3) is 2.51. The molecule has 0 aliphatic heterocycles. The van der Waals surface area contributed by atoms with E-state index in [1.54, 1.807) is 12.1 Å². The summed E-state index contributed by atoms with van der Waals surface area (Å²) in [6, 6.07) is 7.21. The zero-order valence-corrected chi connectivity index (χ0v) is 10.1. The number of para-hydroxylation sites is 1. The molecule has 0 amide bonds. The van der Waals surface area contributed by atoms with Crippen molar-refractivity contribution in [2.75, 3.05) is 0 Å². The highest BCUT2D eigenvalue weighted by atomic mass is 16.5. The predicted molar refractivity (Wildman–Crippen MR) is 64.7 cm³/mol. The number of carbonyl (C=O) groups is 1. The van der Waals surface area contributed by atoms with Gasteiger partial charge in [-0.15, -0.1) is 0 Å². The highest BCUT2D eigenvalue weighted by Crippen LogP contribution is 2.29. The van der Waals surface area contributed by atoms with Gasteiger partial charge in [0.2, 0.25) is 5.89 Å². The average Bonchev–Trinajstić information content (AvgIpc) is 2.78. The Hall–Kier alpha value is -2.30. The maximum Gasteiger partial charge on any atom is 0.357 e. The van der Waals surface area contributed by atoms with E-state index in [4.69, 9.17) is 14.3 Å². The number of benzene rings is 1. The Kier molecular flexibility index (Phi) is 3.32. The smallest absolute Gasteiger partial charge is 0.357 e. The Morgan fingerprint density at radius 1 is 1.39 bits per heavy atom. The number of hydrogen-bond donors (Lipinski definition) is 1. The number of aromatic nitrogens is 1. The second kappa shape index (κ2) is 4.91. The molecule has 1 N–H and O–H groups in total. The second-order valence-corrected chi connectivity index (χ2v) is 4.01. The van der Waals surface area contributed by atoms with Crippen molar-refractivity contribution in [3.8, 4) is 17.2 Å². The van der Waals surface area contributed by atoms with E-state index in [1.807, 2.05) is 26.0 Å². The summed E-state index contributed by atoms with van der Waals surface area (Å²) in [5, 5.41) is 8.81. The van der Waals surface area contributed by atoms with Crippen LogP contribution in [0.4, 0.5) is 0 Å². The molecule has 0 fully saturated rings. The predicted octanol–water partition coefficient (Wildman–Crippen LogP) is 2.83. The summed E-state index contributed by atoms with van der Waals surface area (Å²) < 4.78 is 10.8. The van der Waals surface area contributed by atoms with Gasteiger partial charge in [-0.05, 0) is 26.0 Å². The number of nitrogens with zero attached hydrogens (tertiary/aromatic N) is 1. The quantitative estimate of drug-likeness (QED) is 0.899. The van der Waals surface area contributed by atoms with E-state index in [9.17, 15) is 4.79 Å². The Morgan fingerprint density at radius 3 is 2.72 bits per heavy atom. The zero-order valence-electron chi connectivity index (χ0n) is 10.1. The summed E-state index contributed by atoms with van der Waals surface area (Å²) in [7, 11) is 0. The maximum atomic E-state index is 10.8. The number of carboxylic acids is 1. The van der Waals surface area contributed by atoms with Crippen LogP contribution in [0.5, 0.6) is 5.75 Å². The van der Waals surface area contributed by atoms with Crippen molar-refractivity contribution >= 4 is 5.97 Å². The Balaban J connectivity index is 2.39. The molecule has 0 bridgehead atoms. The van der Waals surface area contributed by atoms with Crippen LogP contribution in [0.25, 0.3) is 11.5 Å². The fourth-order valence-electron chi connectivity index (χ4n) is 1.50. The van der Waals surface area contributed by atoms with Crippen molar-refractivity contribution < 1.29 is 19.1 Å². The van der Waals surface area contributed by atoms with Gasteiger partial charge in [0.25, 0.3) is 0 Å². The SMILES string of the molecule is CC(C)Oc1ccccc1-c1nc(C(=O)O)co1. The molecule has 0 spiro atoms. The van der Waals surface area contributed by atoms with Gasteiger partial charge in [0.15, 0.2) is 5.69 Å². The van der Waals surface area contributed by atoms with Crippen LogP contribution in [-0.2, 0) is 0 Å². The number of oxazole rings is 1. The Bertz CT molecular complexity index is 560. The van der Waals surface area contributed by atoms with Crippen LogP contribution in [0.15, 0.2) is 34.9 Å². The molecule has 2 rings (SSSR count). The van der Waals surface area contributed by atoms with E-state index in [0.717, 1.165) is 6.26 Å². The summed E-state index contributed by atoms with van der Waals surface area (Å²) >= 11 is 0. The molecule has 94 valence electrons. The monoisotopic (exact) mass is 247 g/mol. The lowest BCUT2D eigenvalue weighted by Crippen LogP contribution is -2.06. The molecule has 5 heteroatoms. The fraction of sp³-hybridized carbons (Fsp3) is 0.231. The van der Waals surface area contributed by atoms with E-state index in [2.05, 4.69) is 4.98 Å². The molecule has 0 saturated carbocycles. The van der Waals surface area contributed by atoms with Crippen LogP contribution in [0, 0.1) is 0 Å². The third-order valence-electron chi connectivity index (χ3n) is 2.20. The number of aromatic carboxylic acids is 1. The first-order chi connectivity index (χ1) is 8.58. The van der Waals surface area contributed by atoms with Gasteiger partial charge in [-0.2, -0.15) is 0 Å². The lowest BCUT2D eigenvalue weighted by Gasteiger charge is -2.11. The zero-order chi connectivity index (χ0) is 13.1. The third-order valence-corrected chi connectivity index (χ3v) is 2.20. The van der Waals surface area contributed by atoms with Crippen LogP contribution in [0.1, 0.15) is 24.3 Å². The molecular formula is C13H13NO4. The number of ether oxygens (including phenoxy) is 1. The molecule has 18 heavy (non-hydrogen) atoms. The molecule has 1 aromatic heterocycles. The minimum Gasteiger partial charge on any atom is -0.490 e. The Labute approximate surface area is 104 Å². The maximum absolute atomic E-state index is 10.8. The standard InChI is InChI=1S/C13H13NO4/c1-8(2)18-11-6-4-3-5-9(11)12-14-10(7-17-12)13(15)16/h3-8H,1-2H3,(H,15,16). The van der Waals surface area contributed by atoms with Crippen LogP contribution in [0.2, 0.25) is 0 Å². The van der Waals surface area contributed by atoms with Crippen molar-refractivity contribution in [3.63, 3.8) is 0 Å². The highest BCUT2D eigenvalue weighted by molar-refractivity contribution is 5.85. The van der Waals surface area contributed by atoms with Crippen molar-refractivity contribution in [2.45, 2.75) is 20.0 Å². The molecular weight excluding hydrogens is 234 g/mol. The molecule has 2 aromatic rings. The molecule has 1 heterocycles. The van der Waals surface area contributed by atoms with Gasteiger partial charge in [-0.3, -0.25) is 0 Å². The lowest BCUT2D eigenvalue weighted by molar-refractivity contribution is 0.0690. The normalized spacial score (nSPS) is 10.6. The van der Waals surface area contributed by atoms with Gasteiger partial charge < -0.3 is 14.3 Å².